The predicted octanol–water partition coefficient (Wildman–Crippen LogP) is 1.44. The van der Waals surface area contributed by atoms with Gasteiger partial charge >= 0.3 is 5.97 Å². The van der Waals surface area contributed by atoms with E-state index in [1.54, 1.807) is 17.8 Å². The first kappa shape index (κ1) is 15.5. The second-order valence-corrected chi connectivity index (χ2v) is 5.73. The van der Waals surface area contributed by atoms with Gasteiger partial charge in [0.15, 0.2) is 17.0 Å². The minimum atomic E-state index is -0.405. The molecule has 0 saturated carbocycles. The van der Waals surface area contributed by atoms with Crippen molar-refractivity contribution < 1.29 is 9.53 Å². The molecule has 0 amide bonds. The van der Waals surface area contributed by atoms with Crippen LogP contribution >= 0.6 is 11.6 Å². The van der Waals surface area contributed by atoms with E-state index in [2.05, 4.69) is 30.1 Å². The molecular weight excluding hydrogens is 346 g/mol. The van der Waals surface area contributed by atoms with Gasteiger partial charge in [-0.1, -0.05) is 23.7 Å². The molecule has 0 fully saturated rings. The highest BCUT2D eigenvalue weighted by atomic mass is 35.5. The maximum absolute atomic E-state index is 11.6. The van der Waals surface area contributed by atoms with Crippen molar-refractivity contribution >= 4 is 34.5 Å². The molecule has 0 unspecified atom stereocenters. The van der Waals surface area contributed by atoms with E-state index < -0.39 is 5.97 Å². The summed E-state index contributed by atoms with van der Waals surface area (Å²) in [5, 5.41) is 17.6. The second-order valence-electron chi connectivity index (χ2n) is 5.32. The first-order valence-corrected chi connectivity index (χ1v) is 7.73. The van der Waals surface area contributed by atoms with Crippen LogP contribution in [-0.2, 0) is 23.0 Å². The Hall–Kier alpha value is -3.07. The monoisotopic (exact) mass is 357 g/mol. The molecule has 0 aliphatic rings. The van der Waals surface area contributed by atoms with Crippen LogP contribution in [0.2, 0.25) is 5.02 Å². The van der Waals surface area contributed by atoms with Gasteiger partial charge in [-0.25, -0.2) is 4.68 Å². The molecule has 25 heavy (non-hydrogen) atoms. The van der Waals surface area contributed by atoms with Gasteiger partial charge in [-0.15, -0.1) is 15.3 Å². The predicted molar refractivity (Wildman–Crippen MR) is 89.0 cm³/mol. The van der Waals surface area contributed by atoms with Gasteiger partial charge in [-0.3, -0.25) is 4.79 Å². The standard InChI is InChI=1S/C15H12ClN7O2/c1-22-14-12(10(20-22)7-11(24)25-2)18-19-15-17-13(21-23(14)15)8-5-3-4-6-9(8)16/h3-6H,7H2,1-2H3. The molecule has 0 saturated heterocycles. The van der Waals surface area contributed by atoms with Crippen molar-refractivity contribution in [2.24, 2.45) is 7.05 Å². The van der Waals surface area contributed by atoms with E-state index in [1.807, 2.05) is 18.2 Å². The summed E-state index contributed by atoms with van der Waals surface area (Å²) >= 11 is 6.22. The van der Waals surface area contributed by atoms with Crippen molar-refractivity contribution in [1.82, 2.24) is 34.6 Å². The van der Waals surface area contributed by atoms with Crippen LogP contribution in [0.1, 0.15) is 5.69 Å². The molecule has 0 N–H and O–H groups in total. The van der Waals surface area contributed by atoms with Crippen LogP contribution in [0.25, 0.3) is 28.3 Å². The summed E-state index contributed by atoms with van der Waals surface area (Å²) in [5.41, 5.74) is 2.21. The fourth-order valence-electron chi connectivity index (χ4n) is 2.59. The Bertz CT molecular complexity index is 1120. The Balaban J connectivity index is 1.92. The molecule has 0 aliphatic heterocycles. The van der Waals surface area contributed by atoms with Crippen molar-refractivity contribution in [2.75, 3.05) is 7.11 Å². The Morgan fingerprint density at radius 1 is 1.24 bits per heavy atom. The maximum atomic E-state index is 11.6. The van der Waals surface area contributed by atoms with Gasteiger partial charge in [-0.2, -0.15) is 14.6 Å². The number of methoxy groups -OCH3 is 1. The molecule has 3 heterocycles. The average molecular weight is 358 g/mol. The second kappa shape index (κ2) is 5.78. The smallest absolute Gasteiger partial charge is 0.311 e. The molecule has 0 spiro atoms. The molecular formula is C15H12ClN7O2. The van der Waals surface area contributed by atoms with Crippen LogP contribution in [0.3, 0.4) is 0 Å². The van der Waals surface area contributed by atoms with E-state index in [1.165, 1.54) is 11.6 Å². The van der Waals surface area contributed by atoms with Crippen LogP contribution in [-0.4, -0.2) is 47.7 Å². The molecule has 126 valence electrons. The number of carbonyl (C=O) groups excluding carboxylic acids is 1. The van der Waals surface area contributed by atoms with E-state index in [9.17, 15) is 4.79 Å². The number of halogens is 1. The van der Waals surface area contributed by atoms with Crippen molar-refractivity contribution in [3.05, 3.63) is 35.0 Å². The van der Waals surface area contributed by atoms with Crippen molar-refractivity contribution in [3.8, 4) is 11.4 Å². The van der Waals surface area contributed by atoms with Crippen molar-refractivity contribution in [3.63, 3.8) is 0 Å². The number of nitrogens with zero attached hydrogens (tertiary/aromatic N) is 7. The Morgan fingerprint density at radius 2 is 2.04 bits per heavy atom. The first-order chi connectivity index (χ1) is 12.1. The lowest BCUT2D eigenvalue weighted by Gasteiger charge is -1.97. The van der Waals surface area contributed by atoms with Gasteiger partial charge in [0.1, 0.15) is 5.69 Å². The molecule has 4 aromatic rings. The van der Waals surface area contributed by atoms with Gasteiger partial charge in [0.05, 0.1) is 18.6 Å². The highest BCUT2D eigenvalue weighted by Crippen LogP contribution is 2.25. The third-order valence-corrected chi connectivity index (χ3v) is 4.08. The molecule has 9 nitrogen and oxygen atoms in total. The summed E-state index contributed by atoms with van der Waals surface area (Å²) in [7, 11) is 3.06. The largest absolute Gasteiger partial charge is 0.469 e. The molecule has 4 rings (SSSR count). The highest BCUT2D eigenvalue weighted by Gasteiger charge is 2.20. The summed E-state index contributed by atoms with van der Waals surface area (Å²) < 4.78 is 7.81. The van der Waals surface area contributed by atoms with Crippen molar-refractivity contribution in [1.29, 1.82) is 0 Å². The first-order valence-electron chi connectivity index (χ1n) is 7.35. The zero-order chi connectivity index (χ0) is 17.6. The summed E-state index contributed by atoms with van der Waals surface area (Å²) in [6.45, 7) is 0. The maximum Gasteiger partial charge on any atom is 0.311 e. The Kier molecular flexibility index (Phi) is 3.57. The fraction of sp³-hybridized carbons (Fsp3) is 0.200. The van der Waals surface area contributed by atoms with Gasteiger partial charge in [-0.05, 0) is 12.1 Å². The zero-order valence-corrected chi connectivity index (χ0v) is 14.1. The van der Waals surface area contributed by atoms with E-state index in [-0.39, 0.29) is 6.42 Å². The molecule has 0 aliphatic carbocycles. The number of benzene rings is 1. The number of esters is 1. The SMILES string of the molecule is COC(=O)Cc1nn(C)c2c1nnc1nc(-c3ccccc3Cl)nn12. The van der Waals surface area contributed by atoms with Crippen LogP contribution in [0, 0.1) is 0 Å². The molecule has 10 heteroatoms. The van der Waals surface area contributed by atoms with E-state index in [0.717, 1.165) is 0 Å². The Morgan fingerprint density at radius 3 is 2.80 bits per heavy atom. The molecule has 0 radical (unpaired) electrons. The minimum Gasteiger partial charge on any atom is -0.469 e. The zero-order valence-electron chi connectivity index (χ0n) is 13.3. The van der Waals surface area contributed by atoms with E-state index in [4.69, 9.17) is 11.6 Å². The van der Waals surface area contributed by atoms with Gasteiger partial charge in [0.25, 0.3) is 5.78 Å². The lowest BCUT2D eigenvalue weighted by molar-refractivity contribution is -0.139. The van der Waals surface area contributed by atoms with E-state index in [0.29, 0.717) is 39.0 Å². The highest BCUT2D eigenvalue weighted by molar-refractivity contribution is 6.33. The number of hydrogen-bond acceptors (Lipinski definition) is 7. The molecule has 0 bridgehead atoms. The van der Waals surface area contributed by atoms with Crippen LogP contribution < -0.4 is 0 Å². The number of fused-ring (bicyclic) bond motifs is 3. The normalized spacial score (nSPS) is 11.3. The summed E-state index contributed by atoms with van der Waals surface area (Å²) in [4.78, 5) is 15.9. The lowest BCUT2D eigenvalue weighted by atomic mass is 10.2. The van der Waals surface area contributed by atoms with Gasteiger partial charge in [0.2, 0.25) is 0 Å². The summed E-state index contributed by atoms with van der Waals surface area (Å²) in [5.74, 6) is 0.343. The number of ether oxygens (including phenoxy) is 1. The molecule has 3 aromatic heterocycles. The lowest BCUT2D eigenvalue weighted by Crippen LogP contribution is -2.06. The third-order valence-electron chi connectivity index (χ3n) is 3.75. The van der Waals surface area contributed by atoms with Crippen molar-refractivity contribution in [2.45, 2.75) is 6.42 Å². The minimum absolute atomic E-state index is 0.0000936. The topological polar surface area (TPSA) is 100 Å². The quantitative estimate of drug-likeness (QED) is 0.511. The van der Waals surface area contributed by atoms with Crippen LogP contribution in [0.4, 0.5) is 0 Å². The van der Waals surface area contributed by atoms with Gasteiger partial charge < -0.3 is 4.74 Å². The number of rotatable bonds is 3. The van der Waals surface area contributed by atoms with Crippen LogP contribution in [0.15, 0.2) is 24.3 Å². The summed E-state index contributed by atoms with van der Waals surface area (Å²) in [6.07, 6.45) is 0.0000936. The number of hydrogen-bond donors (Lipinski definition) is 0. The van der Waals surface area contributed by atoms with Crippen LogP contribution in [0.5, 0.6) is 0 Å². The average Bonchev–Trinajstić information content (AvgIpc) is 3.16. The number of aromatic nitrogens is 7. The molecule has 1 aromatic carbocycles. The molecule has 0 atom stereocenters. The van der Waals surface area contributed by atoms with Gasteiger partial charge in [0, 0.05) is 12.6 Å². The number of carbonyl (C=O) groups is 1. The number of aryl methyl sites for hydroxylation is 1. The third kappa shape index (κ3) is 2.49. The Labute approximate surface area is 146 Å². The fourth-order valence-corrected chi connectivity index (χ4v) is 2.81. The summed E-state index contributed by atoms with van der Waals surface area (Å²) in [6, 6.07) is 7.28. The van der Waals surface area contributed by atoms with E-state index >= 15 is 0 Å².